The number of hydrogen-bond acceptors (Lipinski definition) is 0. The third-order valence-electron chi connectivity index (χ3n) is 8.60. The summed E-state index contributed by atoms with van der Waals surface area (Å²) in [4.78, 5) is 0. The zero-order valence-electron chi connectivity index (χ0n) is 25.5. The van der Waals surface area contributed by atoms with Crippen LogP contribution in [0.3, 0.4) is 0 Å². The second-order valence-corrected chi connectivity index (χ2v) is 11.1. The first-order valence-electron chi connectivity index (χ1n) is 15.5. The predicted octanol–water partition coefficient (Wildman–Crippen LogP) is 9.91. The summed E-state index contributed by atoms with van der Waals surface area (Å²) >= 11 is 2.11. The molecule has 4 aromatic carbocycles. The molecule has 224 valence electrons. The average molecular weight is 935 g/mol. The molecule has 0 nitrogen and oxygen atoms in total. The summed E-state index contributed by atoms with van der Waals surface area (Å²) in [5, 5.41) is 0. The molecular formula is C38H50Cl2Hf2. The van der Waals surface area contributed by atoms with Gasteiger partial charge in [-0.1, -0.05) is 103 Å². The molecule has 0 fully saturated rings. The Labute approximate surface area is 298 Å². The van der Waals surface area contributed by atoms with Crippen LogP contribution in [0.4, 0.5) is 0 Å². The van der Waals surface area contributed by atoms with Crippen LogP contribution in [-0.2, 0) is 99.2 Å². The van der Waals surface area contributed by atoms with Crippen LogP contribution in [0.15, 0.2) is 72.8 Å². The van der Waals surface area contributed by atoms with E-state index in [1.54, 1.807) is 44.5 Å². The van der Waals surface area contributed by atoms with Crippen LogP contribution in [0.25, 0.3) is 0 Å². The Morgan fingerprint density at radius 3 is 0.738 bits per heavy atom. The van der Waals surface area contributed by atoms with E-state index >= 15 is 0 Å². The molecule has 0 heterocycles. The Balaban J connectivity index is 0.000000265. The van der Waals surface area contributed by atoms with Gasteiger partial charge in [0.1, 0.15) is 0 Å². The maximum absolute atomic E-state index is 3.39. The SMILES string of the molecule is Cl.Cl.[CH2]=[Hf+2].[CH2]=[Hf+2].c1cc2c([cH-]1)CCCC2.c1cc2c([cH-]1)CCCC2.c1cc2c([cH-]1)CCCC2.c1cc2c([cH-]1)CCCC2. The summed E-state index contributed by atoms with van der Waals surface area (Å²) in [5.74, 6) is 0. The summed E-state index contributed by atoms with van der Waals surface area (Å²) < 4.78 is 6.78. The molecule has 0 N–H and O–H groups in total. The Morgan fingerprint density at radius 1 is 0.357 bits per heavy atom. The minimum absolute atomic E-state index is 0. The molecule has 42 heavy (non-hydrogen) atoms. The molecule has 0 unspecified atom stereocenters. The van der Waals surface area contributed by atoms with Crippen LogP contribution >= 0.6 is 24.8 Å². The van der Waals surface area contributed by atoms with Gasteiger partial charge in [-0.25, -0.2) is 24.3 Å². The molecule has 0 aliphatic heterocycles. The maximum atomic E-state index is 3.39. The monoisotopic (exact) mass is 936 g/mol. The summed E-state index contributed by atoms with van der Waals surface area (Å²) in [6, 6.07) is 26.8. The van der Waals surface area contributed by atoms with Gasteiger partial charge in [-0.2, -0.15) is 93.0 Å². The van der Waals surface area contributed by atoms with Gasteiger partial charge in [0.05, 0.1) is 0 Å². The topological polar surface area (TPSA) is 0 Å². The van der Waals surface area contributed by atoms with Crippen LogP contribution in [0.5, 0.6) is 0 Å². The Bertz CT molecular complexity index is 938. The molecule has 4 aliphatic carbocycles. The van der Waals surface area contributed by atoms with Gasteiger partial charge in [-0.3, -0.25) is 0 Å². The van der Waals surface area contributed by atoms with Gasteiger partial charge in [0.15, 0.2) is 0 Å². The minimum atomic E-state index is 0. The number of aryl methyl sites for hydroxylation is 8. The van der Waals surface area contributed by atoms with E-state index in [2.05, 4.69) is 81.3 Å². The quantitative estimate of drug-likeness (QED) is 0.122. The Morgan fingerprint density at radius 2 is 0.548 bits per heavy atom. The van der Waals surface area contributed by atoms with E-state index in [1.165, 1.54) is 103 Å². The average Bonchev–Trinajstić information content (AvgIpc) is 3.86. The van der Waals surface area contributed by atoms with Gasteiger partial charge < -0.3 is 0 Å². The first-order chi connectivity index (χ1) is 19.9. The Hall–Kier alpha value is -0.540. The van der Waals surface area contributed by atoms with Crippen molar-refractivity contribution in [3.05, 3.63) is 117 Å². The molecule has 0 atom stereocenters. The van der Waals surface area contributed by atoms with Crippen molar-refractivity contribution in [1.82, 2.24) is 0 Å². The number of halogens is 2. The fourth-order valence-electron chi connectivity index (χ4n) is 6.45. The van der Waals surface area contributed by atoms with Crippen molar-refractivity contribution in [2.24, 2.45) is 0 Å². The van der Waals surface area contributed by atoms with Crippen molar-refractivity contribution >= 4 is 33.3 Å². The van der Waals surface area contributed by atoms with E-state index in [9.17, 15) is 0 Å². The maximum Gasteiger partial charge on any atom is -0.0512 e. The van der Waals surface area contributed by atoms with Crippen LogP contribution in [-0.4, -0.2) is 8.52 Å². The van der Waals surface area contributed by atoms with Crippen LogP contribution in [0.1, 0.15) is 95.9 Å². The summed E-state index contributed by atoms with van der Waals surface area (Å²) in [5.41, 5.74) is 12.8. The minimum Gasteiger partial charge on any atom is -0.210 e. The second kappa shape index (κ2) is 23.8. The van der Waals surface area contributed by atoms with Crippen LogP contribution in [0.2, 0.25) is 0 Å². The van der Waals surface area contributed by atoms with Gasteiger partial charge in [0.2, 0.25) is 0 Å². The molecule has 4 aromatic rings. The van der Waals surface area contributed by atoms with Crippen molar-refractivity contribution in [2.75, 3.05) is 0 Å². The zero-order chi connectivity index (χ0) is 28.4. The molecule has 0 saturated heterocycles. The number of rotatable bonds is 0. The van der Waals surface area contributed by atoms with Gasteiger partial charge in [0, 0.05) is 0 Å². The van der Waals surface area contributed by atoms with Gasteiger partial charge >= 0.3 is 56.3 Å². The molecule has 0 saturated carbocycles. The van der Waals surface area contributed by atoms with Crippen molar-refractivity contribution in [3.63, 3.8) is 0 Å². The van der Waals surface area contributed by atoms with Crippen molar-refractivity contribution < 1.29 is 47.8 Å². The fourth-order valence-corrected chi connectivity index (χ4v) is 6.45. The third-order valence-corrected chi connectivity index (χ3v) is 8.60. The summed E-state index contributed by atoms with van der Waals surface area (Å²) in [7, 11) is 0. The fraction of sp³-hybridized carbons (Fsp3) is 0.421. The van der Waals surface area contributed by atoms with Gasteiger partial charge in [-0.15, -0.1) is 24.8 Å². The predicted molar refractivity (Wildman–Crippen MR) is 183 cm³/mol. The molecule has 4 heteroatoms. The summed E-state index contributed by atoms with van der Waals surface area (Å²) in [6.45, 7) is 0. The largest absolute Gasteiger partial charge is 0.210 e. The molecule has 0 aromatic heterocycles. The van der Waals surface area contributed by atoms with Crippen LogP contribution < -0.4 is 0 Å². The molecule has 0 radical (unpaired) electrons. The van der Waals surface area contributed by atoms with Gasteiger partial charge in [-0.05, 0) is 0 Å². The first-order valence-corrected chi connectivity index (χ1v) is 20.6. The first kappa shape index (κ1) is 39.5. The third kappa shape index (κ3) is 12.8. The van der Waals surface area contributed by atoms with Crippen molar-refractivity contribution in [1.29, 1.82) is 0 Å². The molecular weight excluding hydrogens is 884 g/mol. The zero-order valence-corrected chi connectivity index (χ0v) is 34.3. The van der Waals surface area contributed by atoms with E-state index in [0.29, 0.717) is 0 Å². The Kier molecular flexibility index (Phi) is 22.4. The van der Waals surface area contributed by atoms with Crippen LogP contribution in [0, 0.1) is 0 Å². The van der Waals surface area contributed by atoms with E-state index in [0.717, 1.165) is 47.8 Å². The molecule has 4 aliphatic rings. The molecule has 8 rings (SSSR count). The molecule has 0 spiro atoms. The number of hydrogen-bond donors (Lipinski definition) is 0. The molecule has 0 bridgehead atoms. The number of fused-ring (bicyclic) bond motifs is 4. The van der Waals surface area contributed by atoms with Crippen molar-refractivity contribution in [3.8, 4) is 0 Å². The van der Waals surface area contributed by atoms with Gasteiger partial charge in [0.25, 0.3) is 0 Å². The second-order valence-electron chi connectivity index (χ2n) is 11.1. The van der Waals surface area contributed by atoms with E-state index < -0.39 is 0 Å². The van der Waals surface area contributed by atoms with E-state index in [-0.39, 0.29) is 24.8 Å². The molecule has 0 amide bonds. The smallest absolute Gasteiger partial charge is 0.0512 e. The standard InChI is InChI=1S/4C9H11.2CH2.2ClH.2Hf/c4*1-2-5-9-7-3-6-8(9)4-1;;;;;;/h4*3,6-7H,1-2,4-5H2;2*1H2;2*1H;;/q4*-1;;;;;2*+2. The normalized spacial score (nSPS) is 15.1. The van der Waals surface area contributed by atoms with Crippen molar-refractivity contribution in [2.45, 2.75) is 103 Å². The summed E-state index contributed by atoms with van der Waals surface area (Å²) in [6.07, 6.45) is 21.8. The van der Waals surface area contributed by atoms with E-state index in [1.807, 2.05) is 0 Å². The van der Waals surface area contributed by atoms with E-state index in [4.69, 9.17) is 0 Å².